The third-order valence-electron chi connectivity index (χ3n) is 9.35. The third-order valence-corrected chi connectivity index (χ3v) is 13.9. The maximum atomic E-state index is 14.4. The lowest BCUT2D eigenvalue weighted by Gasteiger charge is -2.51. The van der Waals surface area contributed by atoms with E-state index < -0.39 is 55.8 Å². The Morgan fingerprint density at radius 2 is 1.68 bits per heavy atom. The van der Waals surface area contributed by atoms with Crippen LogP contribution in [0.1, 0.15) is 72.3 Å². The molecule has 0 radical (unpaired) electrons. The molecule has 4 rings (SSSR count). The van der Waals surface area contributed by atoms with Crippen LogP contribution in [-0.4, -0.2) is 61.9 Å². The van der Waals surface area contributed by atoms with Crippen LogP contribution in [0.2, 0.25) is 18.1 Å². The molecule has 3 aliphatic rings. The van der Waals surface area contributed by atoms with Crippen molar-refractivity contribution in [2.75, 3.05) is 7.11 Å². The van der Waals surface area contributed by atoms with E-state index in [4.69, 9.17) is 13.9 Å². The summed E-state index contributed by atoms with van der Waals surface area (Å²) in [4.78, 5) is 55.7. The number of esters is 1. The Balaban J connectivity index is 1.70. The van der Waals surface area contributed by atoms with Gasteiger partial charge in [-0.1, -0.05) is 64.4 Å². The fourth-order valence-corrected chi connectivity index (χ4v) is 7.37. The number of benzene rings is 1. The van der Waals surface area contributed by atoms with E-state index in [0.29, 0.717) is 18.4 Å². The summed E-state index contributed by atoms with van der Waals surface area (Å²) in [6.07, 6.45) is 2.83. The molecule has 4 atom stereocenters. The summed E-state index contributed by atoms with van der Waals surface area (Å²) in [5, 5.41) is 2.87. The van der Waals surface area contributed by atoms with Gasteiger partial charge in [0.2, 0.25) is 17.6 Å². The average molecular weight is 585 g/mol. The molecule has 2 aliphatic heterocycles. The summed E-state index contributed by atoms with van der Waals surface area (Å²) in [5.41, 5.74) is -0.840. The van der Waals surface area contributed by atoms with Crippen molar-refractivity contribution in [1.29, 1.82) is 0 Å². The van der Waals surface area contributed by atoms with Gasteiger partial charge in [0.05, 0.1) is 36.7 Å². The van der Waals surface area contributed by atoms with Gasteiger partial charge in [-0.15, -0.1) is 0 Å². The minimum Gasteiger partial charge on any atom is -0.463 e. The molecule has 1 spiro atoms. The van der Waals surface area contributed by atoms with Gasteiger partial charge in [0, 0.05) is 12.8 Å². The molecule has 224 valence electrons. The summed E-state index contributed by atoms with van der Waals surface area (Å²) in [6, 6.07) is 8.20. The van der Waals surface area contributed by atoms with Crippen LogP contribution in [-0.2, 0) is 33.1 Å². The summed E-state index contributed by atoms with van der Waals surface area (Å²) < 4.78 is 18.0. The molecule has 2 heterocycles. The molecule has 0 unspecified atom stereocenters. The molecule has 9 nitrogen and oxygen atoms in total. The molecule has 41 heavy (non-hydrogen) atoms. The summed E-state index contributed by atoms with van der Waals surface area (Å²) >= 11 is 0. The van der Waals surface area contributed by atoms with E-state index in [-0.39, 0.29) is 22.3 Å². The maximum absolute atomic E-state index is 14.4. The minimum absolute atomic E-state index is 0.00183. The Bertz CT molecular complexity index is 1230. The SMILES string of the molecule is COC(=O)C1=C(c2ccccc2)C(=O)N(C(=O)[C@H](C)[C@H]2NC(=O)[C@@H]2[C@H](C)O[Si](C)(C)C(C)(C)C)C2(CCCCC2)O1. The molecular weight excluding hydrogens is 540 g/mol. The van der Waals surface area contributed by atoms with Crippen molar-refractivity contribution in [2.45, 2.75) is 103 Å². The summed E-state index contributed by atoms with van der Waals surface area (Å²) in [6.45, 7) is 14.3. The van der Waals surface area contributed by atoms with Crippen molar-refractivity contribution >= 4 is 37.6 Å². The predicted molar refractivity (Wildman–Crippen MR) is 156 cm³/mol. The number of hydrogen-bond donors (Lipinski definition) is 1. The van der Waals surface area contributed by atoms with E-state index in [0.717, 1.165) is 19.3 Å². The first kappa shape index (κ1) is 31.0. The van der Waals surface area contributed by atoms with Crippen molar-refractivity contribution in [3.63, 3.8) is 0 Å². The topological polar surface area (TPSA) is 111 Å². The summed E-state index contributed by atoms with van der Waals surface area (Å²) in [5.74, 6) is -3.38. The van der Waals surface area contributed by atoms with Crippen molar-refractivity contribution in [1.82, 2.24) is 10.2 Å². The molecule has 1 saturated carbocycles. The standard InChI is InChI=1S/C31H44N2O7Si/c1-19(24-22(26(34)32-24)20(2)40-41(7,8)30(3,4)5)27(35)33-28(36)23(21-15-11-9-12-16-21)25(29(37)38-6)39-31(33)17-13-10-14-18-31/h9,11-12,15-16,19-20,22,24H,10,13-14,17-18H2,1-8H3,(H,32,34)/t19-,20+,22-,24-/m1/s1. The van der Waals surface area contributed by atoms with Crippen LogP contribution >= 0.6 is 0 Å². The van der Waals surface area contributed by atoms with Crippen molar-refractivity contribution in [2.24, 2.45) is 11.8 Å². The number of imide groups is 1. The van der Waals surface area contributed by atoms with Gasteiger partial charge < -0.3 is 19.2 Å². The number of ether oxygens (including phenoxy) is 2. The summed E-state index contributed by atoms with van der Waals surface area (Å²) in [7, 11) is -0.936. The lowest BCUT2D eigenvalue weighted by Crippen LogP contribution is -2.69. The highest BCUT2D eigenvalue weighted by Crippen LogP contribution is 2.45. The second-order valence-electron chi connectivity index (χ2n) is 13.1. The molecule has 1 N–H and O–H groups in total. The van der Waals surface area contributed by atoms with Crippen LogP contribution in [0.3, 0.4) is 0 Å². The molecule has 0 aromatic heterocycles. The fourth-order valence-electron chi connectivity index (χ4n) is 5.94. The zero-order chi connectivity index (χ0) is 30.3. The number of nitrogens with zero attached hydrogens (tertiary/aromatic N) is 1. The van der Waals surface area contributed by atoms with Gasteiger partial charge in [-0.2, -0.15) is 0 Å². The monoisotopic (exact) mass is 584 g/mol. The van der Waals surface area contributed by atoms with Gasteiger partial charge in [-0.3, -0.25) is 14.4 Å². The Hall–Kier alpha value is -2.98. The van der Waals surface area contributed by atoms with Crippen LogP contribution in [0.5, 0.6) is 0 Å². The van der Waals surface area contributed by atoms with E-state index in [1.807, 2.05) is 6.92 Å². The zero-order valence-electron chi connectivity index (χ0n) is 25.5. The molecular formula is C31H44N2O7Si. The largest absolute Gasteiger partial charge is 0.463 e. The first-order chi connectivity index (χ1) is 19.1. The van der Waals surface area contributed by atoms with E-state index in [9.17, 15) is 19.2 Å². The number of methoxy groups -OCH3 is 1. The van der Waals surface area contributed by atoms with Crippen LogP contribution in [0.25, 0.3) is 5.57 Å². The van der Waals surface area contributed by atoms with Gasteiger partial charge in [0.25, 0.3) is 5.91 Å². The van der Waals surface area contributed by atoms with E-state index in [2.05, 4.69) is 39.2 Å². The van der Waals surface area contributed by atoms with Gasteiger partial charge in [0.15, 0.2) is 14.0 Å². The van der Waals surface area contributed by atoms with Crippen molar-refractivity contribution in [3.05, 3.63) is 41.7 Å². The number of β-lactam (4-membered cyclic amide) rings is 1. The lowest BCUT2D eigenvalue weighted by atomic mass is 9.77. The van der Waals surface area contributed by atoms with E-state index >= 15 is 0 Å². The van der Waals surface area contributed by atoms with Crippen LogP contribution in [0, 0.1) is 11.8 Å². The normalized spacial score (nSPS) is 24.2. The molecule has 1 aromatic carbocycles. The van der Waals surface area contributed by atoms with Crippen LogP contribution in [0.4, 0.5) is 0 Å². The minimum atomic E-state index is -2.18. The number of nitrogens with one attached hydrogen (secondary N) is 1. The Labute approximate surface area is 244 Å². The van der Waals surface area contributed by atoms with Crippen LogP contribution < -0.4 is 5.32 Å². The molecule has 10 heteroatoms. The molecule has 3 amide bonds. The van der Waals surface area contributed by atoms with Crippen molar-refractivity contribution in [3.8, 4) is 0 Å². The van der Waals surface area contributed by atoms with Gasteiger partial charge in [-0.25, -0.2) is 9.69 Å². The number of carbonyl (C=O) groups is 4. The number of amides is 3. The smallest absolute Gasteiger partial charge is 0.374 e. The maximum Gasteiger partial charge on any atom is 0.374 e. The van der Waals surface area contributed by atoms with Gasteiger partial charge in [-0.05, 0) is 43.5 Å². The van der Waals surface area contributed by atoms with Gasteiger partial charge in [0.1, 0.15) is 0 Å². The van der Waals surface area contributed by atoms with Gasteiger partial charge >= 0.3 is 5.97 Å². The molecule has 2 fully saturated rings. The molecule has 1 aliphatic carbocycles. The Kier molecular flexibility index (Phi) is 8.58. The quantitative estimate of drug-likeness (QED) is 0.279. The molecule has 0 bridgehead atoms. The van der Waals surface area contributed by atoms with Crippen molar-refractivity contribution < 1.29 is 33.1 Å². The first-order valence-electron chi connectivity index (χ1n) is 14.6. The molecule has 1 aromatic rings. The highest BCUT2D eigenvalue weighted by molar-refractivity contribution is 6.74. The number of hydrogen-bond acceptors (Lipinski definition) is 7. The second kappa shape index (κ2) is 11.4. The third kappa shape index (κ3) is 5.60. The average Bonchev–Trinajstić information content (AvgIpc) is 2.90. The number of carbonyl (C=O) groups excluding carboxylic acids is 4. The Morgan fingerprint density at radius 1 is 1.07 bits per heavy atom. The van der Waals surface area contributed by atoms with E-state index in [1.54, 1.807) is 37.3 Å². The first-order valence-corrected chi connectivity index (χ1v) is 17.5. The molecule has 1 saturated heterocycles. The second-order valence-corrected chi connectivity index (χ2v) is 17.8. The van der Waals surface area contributed by atoms with E-state index in [1.165, 1.54) is 12.0 Å². The fraction of sp³-hybridized carbons (Fsp3) is 0.613. The van der Waals surface area contributed by atoms with Crippen LogP contribution in [0.15, 0.2) is 36.1 Å². The Morgan fingerprint density at radius 3 is 2.22 bits per heavy atom. The highest BCUT2D eigenvalue weighted by Gasteiger charge is 2.57. The highest BCUT2D eigenvalue weighted by atomic mass is 28.4. The predicted octanol–water partition coefficient (Wildman–Crippen LogP) is 4.78. The zero-order valence-corrected chi connectivity index (χ0v) is 26.5. The number of rotatable bonds is 7. The lowest BCUT2D eigenvalue weighted by molar-refractivity contribution is -0.193.